The maximum absolute atomic E-state index is 11.9. The Kier molecular flexibility index (Phi) is 6.07. The van der Waals surface area contributed by atoms with Gasteiger partial charge < -0.3 is 10.1 Å². The van der Waals surface area contributed by atoms with E-state index in [4.69, 9.17) is 4.74 Å². The first-order valence-corrected chi connectivity index (χ1v) is 8.07. The van der Waals surface area contributed by atoms with Gasteiger partial charge in [0.1, 0.15) is 0 Å². The lowest BCUT2D eigenvalue weighted by Gasteiger charge is -2.11. The Bertz CT molecular complexity index is 636. The summed E-state index contributed by atoms with van der Waals surface area (Å²) in [5.41, 5.74) is 0.176. The van der Waals surface area contributed by atoms with Crippen LogP contribution >= 0.6 is 0 Å². The predicted octanol–water partition coefficient (Wildman–Crippen LogP) is 0.618. The van der Waals surface area contributed by atoms with Crippen molar-refractivity contribution in [3.8, 4) is 0 Å². The molecule has 1 rings (SSSR count). The Balaban J connectivity index is 2.71. The van der Waals surface area contributed by atoms with Gasteiger partial charge >= 0.3 is 5.97 Å². The quantitative estimate of drug-likeness (QED) is 0.773. The number of carbonyl (C=O) groups excluding carboxylic acids is 2. The molecule has 0 atom stereocenters. The van der Waals surface area contributed by atoms with Crippen molar-refractivity contribution in [2.24, 2.45) is 0 Å². The SMILES string of the molecule is CC(C)NC(=O)COC(=O)c1ccc(S(=O)(=O)N(C)C)cc1. The molecule has 0 bridgehead atoms. The molecular formula is C14H20N2O5S. The highest BCUT2D eigenvalue weighted by atomic mass is 32.2. The van der Waals surface area contributed by atoms with Gasteiger partial charge in [-0.2, -0.15) is 0 Å². The van der Waals surface area contributed by atoms with E-state index in [2.05, 4.69) is 5.32 Å². The van der Waals surface area contributed by atoms with E-state index < -0.39 is 21.9 Å². The summed E-state index contributed by atoms with van der Waals surface area (Å²) in [6, 6.07) is 5.29. The van der Waals surface area contributed by atoms with Gasteiger partial charge in [0, 0.05) is 20.1 Å². The number of nitrogens with one attached hydrogen (secondary N) is 1. The van der Waals surface area contributed by atoms with E-state index in [1.807, 2.05) is 0 Å². The molecule has 7 nitrogen and oxygen atoms in total. The number of sulfonamides is 1. The zero-order valence-electron chi connectivity index (χ0n) is 13.0. The van der Waals surface area contributed by atoms with Crippen molar-refractivity contribution >= 4 is 21.9 Å². The molecule has 0 fully saturated rings. The van der Waals surface area contributed by atoms with Crippen LogP contribution in [-0.4, -0.2) is 51.3 Å². The third-order valence-electron chi connectivity index (χ3n) is 2.65. The molecule has 1 amide bonds. The number of carbonyl (C=O) groups is 2. The highest BCUT2D eigenvalue weighted by molar-refractivity contribution is 7.89. The van der Waals surface area contributed by atoms with Crippen molar-refractivity contribution in [1.29, 1.82) is 0 Å². The molecule has 1 aromatic carbocycles. The van der Waals surface area contributed by atoms with Gasteiger partial charge in [0.05, 0.1) is 10.5 Å². The lowest BCUT2D eigenvalue weighted by molar-refractivity contribution is -0.124. The van der Waals surface area contributed by atoms with E-state index in [0.29, 0.717) is 0 Å². The molecule has 0 aliphatic rings. The summed E-state index contributed by atoms with van der Waals surface area (Å²) in [4.78, 5) is 23.2. The summed E-state index contributed by atoms with van der Waals surface area (Å²) in [5, 5.41) is 2.59. The van der Waals surface area contributed by atoms with Crippen molar-refractivity contribution in [3.05, 3.63) is 29.8 Å². The third-order valence-corrected chi connectivity index (χ3v) is 4.48. The van der Waals surface area contributed by atoms with E-state index in [1.54, 1.807) is 13.8 Å². The van der Waals surface area contributed by atoms with Gasteiger partial charge in [0.25, 0.3) is 5.91 Å². The highest BCUT2D eigenvalue weighted by Gasteiger charge is 2.18. The summed E-state index contributed by atoms with van der Waals surface area (Å²) >= 11 is 0. The molecule has 0 radical (unpaired) electrons. The average molecular weight is 328 g/mol. The van der Waals surface area contributed by atoms with Gasteiger partial charge in [-0.3, -0.25) is 4.79 Å². The number of rotatable bonds is 6. The number of ether oxygens (including phenoxy) is 1. The number of esters is 1. The Hall–Kier alpha value is -1.93. The monoisotopic (exact) mass is 328 g/mol. The number of nitrogens with zero attached hydrogens (tertiary/aromatic N) is 1. The number of amides is 1. The largest absolute Gasteiger partial charge is 0.452 e. The van der Waals surface area contributed by atoms with Crippen molar-refractivity contribution in [3.63, 3.8) is 0 Å². The Morgan fingerprint density at radius 1 is 1.18 bits per heavy atom. The van der Waals surface area contributed by atoms with E-state index in [9.17, 15) is 18.0 Å². The van der Waals surface area contributed by atoms with Crippen LogP contribution in [0.1, 0.15) is 24.2 Å². The van der Waals surface area contributed by atoms with Crippen LogP contribution in [0.3, 0.4) is 0 Å². The molecule has 0 saturated carbocycles. The second-order valence-corrected chi connectivity index (χ2v) is 7.26. The Morgan fingerprint density at radius 3 is 2.18 bits per heavy atom. The fourth-order valence-corrected chi connectivity index (χ4v) is 2.45. The maximum atomic E-state index is 11.9. The topological polar surface area (TPSA) is 92.8 Å². The molecule has 0 aliphatic heterocycles. The van der Waals surface area contributed by atoms with Gasteiger partial charge in [-0.25, -0.2) is 17.5 Å². The standard InChI is InChI=1S/C14H20N2O5S/c1-10(2)15-13(17)9-21-14(18)11-5-7-12(8-6-11)22(19,20)16(3)4/h5-8,10H,9H2,1-4H3,(H,15,17). The molecule has 0 saturated heterocycles. The van der Waals surface area contributed by atoms with Gasteiger partial charge in [-0.15, -0.1) is 0 Å². The number of benzene rings is 1. The zero-order valence-corrected chi connectivity index (χ0v) is 13.8. The van der Waals surface area contributed by atoms with E-state index in [-0.39, 0.29) is 23.1 Å². The second kappa shape index (κ2) is 7.37. The van der Waals surface area contributed by atoms with Crippen LogP contribution in [0.15, 0.2) is 29.2 Å². The molecule has 8 heteroatoms. The zero-order chi connectivity index (χ0) is 16.9. The van der Waals surface area contributed by atoms with Crippen LogP contribution in [0, 0.1) is 0 Å². The van der Waals surface area contributed by atoms with Crippen LogP contribution in [0.4, 0.5) is 0 Å². The van der Waals surface area contributed by atoms with Gasteiger partial charge in [-0.1, -0.05) is 0 Å². The summed E-state index contributed by atoms with van der Waals surface area (Å²) in [6.45, 7) is 3.21. The molecule has 0 aliphatic carbocycles. The smallest absolute Gasteiger partial charge is 0.338 e. The molecule has 22 heavy (non-hydrogen) atoms. The van der Waals surface area contributed by atoms with E-state index in [0.717, 1.165) is 4.31 Å². The molecule has 0 aromatic heterocycles. The minimum atomic E-state index is -3.54. The lowest BCUT2D eigenvalue weighted by Crippen LogP contribution is -2.34. The second-order valence-electron chi connectivity index (χ2n) is 5.11. The minimum Gasteiger partial charge on any atom is -0.452 e. The Labute approximate surface area is 130 Å². The lowest BCUT2D eigenvalue weighted by atomic mass is 10.2. The molecule has 0 heterocycles. The van der Waals surface area contributed by atoms with Crippen LogP contribution in [0.2, 0.25) is 0 Å². The number of hydrogen-bond acceptors (Lipinski definition) is 5. The molecule has 0 spiro atoms. The van der Waals surface area contributed by atoms with Crippen LogP contribution in [0.25, 0.3) is 0 Å². The predicted molar refractivity (Wildman–Crippen MR) is 80.9 cm³/mol. The Morgan fingerprint density at radius 2 is 1.73 bits per heavy atom. The molecule has 1 N–H and O–H groups in total. The average Bonchev–Trinajstić information content (AvgIpc) is 2.44. The van der Waals surface area contributed by atoms with Crippen molar-refractivity contribution in [2.75, 3.05) is 20.7 Å². The van der Waals surface area contributed by atoms with Crippen molar-refractivity contribution in [2.45, 2.75) is 24.8 Å². The first-order chi connectivity index (χ1) is 10.1. The first-order valence-electron chi connectivity index (χ1n) is 6.63. The van der Waals surface area contributed by atoms with Gasteiger partial charge in [0.15, 0.2) is 6.61 Å². The van der Waals surface area contributed by atoms with Gasteiger partial charge in [0.2, 0.25) is 10.0 Å². The fraction of sp³-hybridized carbons (Fsp3) is 0.429. The van der Waals surface area contributed by atoms with Crippen LogP contribution in [-0.2, 0) is 19.6 Å². The third kappa shape index (κ3) is 4.81. The number of hydrogen-bond donors (Lipinski definition) is 1. The molecule has 122 valence electrons. The van der Waals surface area contributed by atoms with Crippen LogP contribution < -0.4 is 5.32 Å². The maximum Gasteiger partial charge on any atom is 0.338 e. The minimum absolute atomic E-state index is 0.0401. The van der Waals surface area contributed by atoms with E-state index in [1.165, 1.54) is 38.4 Å². The molecule has 0 unspecified atom stereocenters. The molecule has 1 aromatic rings. The first kappa shape index (κ1) is 18.1. The summed E-state index contributed by atoms with van der Waals surface area (Å²) in [7, 11) is -0.699. The highest BCUT2D eigenvalue weighted by Crippen LogP contribution is 2.14. The fourth-order valence-electron chi connectivity index (χ4n) is 1.55. The van der Waals surface area contributed by atoms with Gasteiger partial charge in [-0.05, 0) is 38.1 Å². The van der Waals surface area contributed by atoms with E-state index >= 15 is 0 Å². The molecular weight excluding hydrogens is 308 g/mol. The summed E-state index contributed by atoms with van der Waals surface area (Å²) < 4.78 is 29.7. The van der Waals surface area contributed by atoms with Crippen molar-refractivity contribution < 1.29 is 22.7 Å². The summed E-state index contributed by atoms with van der Waals surface area (Å²) in [6.07, 6.45) is 0. The normalized spacial score (nSPS) is 11.5. The summed E-state index contributed by atoms with van der Waals surface area (Å²) in [5.74, 6) is -1.08. The van der Waals surface area contributed by atoms with Crippen molar-refractivity contribution in [1.82, 2.24) is 9.62 Å². The van der Waals surface area contributed by atoms with Crippen LogP contribution in [0.5, 0.6) is 0 Å².